The minimum absolute atomic E-state index is 0.170. The van der Waals surface area contributed by atoms with Crippen LogP contribution in [-0.4, -0.2) is 34.9 Å². The summed E-state index contributed by atoms with van der Waals surface area (Å²) in [5.41, 5.74) is 6.17. The van der Waals surface area contributed by atoms with E-state index in [9.17, 15) is 4.79 Å². The van der Waals surface area contributed by atoms with Crippen molar-refractivity contribution in [3.63, 3.8) is 0 Å². The smallest absolute Gasteiger partial charge is 0.256 e. The Morgan fingerprint density at radius 1 is 1.67 bits per heavy atom. The fourth-order valence-electron chi connectivity index (χ4n) is 2.10. The van der Waals surface area contributed by atoms with Crippen molar-refractivity contribution in [3.8, 4) is 0 Å². The summed E-state index contributed by atoms with van der Waals surface area (Å²) >= 11 is 0. The van der Waals surface area contributed by atoms with Gasteiger partial charge in [0, 0.05) is 20.2 Å². The number of hydrogen-bond acceptors (Lipinski definition) is 4. The normalized spacial score (nSPS) is 19.7. The summed E-state index contributed by atoms with van der Waals surface area (Å²) in [6, 6.07) is 0. The highest BCUT2D eigenvalue weighted by Gasteiger charge is 2.16. The van der Waals surface area contributed by atoms with Gasteiger partial charge in [0.1, 0.15) is 11.4 Å². The van der Waals surface area contributed by atoms with Gasteiger partial charge in [0.05, 0.1) is 12.3 Å². The molecule has 0 aliphatic carbocycles. The van der Waals surface area contributed by atoms with Gasteiger partial charge in [-0.3, -0.25) is 9.48 Å². The van der Waals surface area contributed by atoms with Crippen LogP contribution in [0.5, 0.6) is 0 Å². The topological polar surface area (TPSA) is 82.2 Å². The number of nitrogen functional groups attached to an aromatic ring is 1. The molecule has 0 aromatic carbocycles. The first-order chi connectivity index (χ1) is 8.68. The number of aryl methyl sites for hydroxylation is 1. The predicted molar refractivity (Wildman–Crippen MR) is 68.2 cm³/mol. The van der Waals surface area contributed by atoms with Crippen LogP contribution >= 0.6 is 0 Å². The molecule has 3 N–H and O–H groups in total. The van der Waals surface area contributed by atoms with Crippen molar-refractivity contribution in [2.45, 2.75) is 31.8 Å². The number of nitrogens with one attached hydrogen (secondary N) is 1. The van der Waals surface area contributed by atoms with Gasteiger partial charge in [-0.15, -0.1) is 0 Å². The number of nitrogens with zero attached hydrogens (tertiary/aromatic N) is 2. The Bertz CT molecular complexity index is 410. The fraction of sp³-hybridized carbons (Fsp3) is 0.667. The van der Waals surface area contributed by atoms with E-state index in [0.29, 0.717) is 17.9 Å². The zero-order valence-electron chi connectivity index (χ0n) is 10.7. The number of anilines is 1. The number of rotatable bonds is 4. The minimum Gasteiger partial charge on any atom is -0.383 e. The Hall–Kier alpha value is -1.56. The number of aromatic nitrogens is 2. The number of carbonyl (C=O) groups is 1. The second kappa shape index (κ2) is 5.86. The Morgan fingerprint density at radius 3 is 3.11 bits per heavy atom. The molecule has 18 heavy (non-hydrogen) atoms. The second-order valence-electron chi connectivity index (χ2n) is 4.60. The molecule has 6 heteroatoms. The molecular formula is C12H20N4O2. The van der Waals surface area contributed by atoms with Crippen molar-refractivity contribution < 1.29 is 9.53 Å². The largest absolute Gasteiger partial charge is 0.383 e. The highest BCUT2D eigenvalue weighted by Crippen LogP contribution is 2.15. The molecular weight excluding hydrogens is 232 g/mol. The maximum absolute atomic E-state index is 11.8. The second-order valence-corrected chi connectivity index (χ2v) is 4.60. The molecule has 1 aromatic rings. The Morgan fingerprint density at radius 2 is 2.50 bits per heavy atom. The maximum Gasteiger partial charge on any atom is 0.256 e. The Balaban J connectivity index is 1.76. The van der Waals surface area contributed by atoms with Crippen molar-refractivity contribution in [3.05, 3.63) is 11.8 Å². The average molecular weight is 252 g/mol. The molecule has 2 heterocycles. The molecule has 0 saturated carbocycles. The fourth-order valence-corrected chi connectivity index (χ4v) is 2.10. The van der Waals surface area contributed by atoms with Gasteiger partial charge in [0.25, 0.3) is 5.91 Å². The SMILES string of the molecule is Cn1ncc(C(=O)NCCC2CCCCO2)c1N. The molecule has 0 radical (unpaired) electrons. The molecule has 0 spiro atoms. The van der Waals surface area contributed by atoms with E-state index in [1.165, 1.54) is 17.3 Å². The monoisotopic (exact) mass is 252 g/mol. The van der Waals surface area contributed by atoms with Crippen LogP contribution < -0.4 is 11.1 Å². The van der Waals surface area contributed by atoms with Crippen LogP contribution in [0.3, 0.4) is 0 Å². The summed E-state index contributed by atoms with van der Waals surface area (Å²) in [6.07, 6.45) is 6.08. The molecule has 1 amide bonds. The third kappa shape index (κ3) is 3.01. The van der Waals surface area contributed by atoms with Gasteiger partial charge in [0.2, 0.25) is 0 Å². The van der Waals surface area contributed by atoms with Crippen molar-refractivity contribution >= 4 is 11.7 Å². The molecule has 1 aliphatic heterocycles. The van der Waals surface area contributed by atoms with Crippen molar-refractivity contribution in [1.82, 2.24) is 15.1 Å². The third-order valence-corrected chi connectivity index (χ3v) is 3.26. The van der Waals surface area contributed by atoms with Gasteiger partial charge in [-0.2, -0.15) is 5.10 Å². The van der Waals surface area contributed by atoms with E-state index in [-0.39, 0.29) is 12.0 Å². The van der Waals surface area contributed by atoms with E-state index in [4.69, 9.17) is 10.5 Å². The van der Waals surface area contributed by atoms with Crippen molar-refractivity contribution in [2.24, 2.45) is 7.05 Å². The van der Waals surface area contributed by atoms with Crippen LogP contribution in [0.25, 0.3) is 0 Å². The zero-order chi connectivity index (χ0) is 13.0. The van der Waals surface area contributed by atoms with E-state index >= 15 is 0 Å². The van der Waals surface area contributed by atoms with E-state index in [1.807, 2.05) is 0 Å². The number of hydrogen-bond donors (Lipinski definition) is 2. The van der Waals surface area contributed by atoms with Gasteiger partial charge in [-0.1, -0.05) is 0 Å². The van der Waals surface area contributed by atoms with Crippen LogP contribution in [-0.2, 0) is 11.8 Å². The van der Waals surface area contributed by atoms with Crippen LogP contribution in [0, 0.1) is 0 Å². The number of carbonyl (C=O) groups excluding carboxylic acids is 1. The highest BCUT2D eigenvalue weighted by atomic mass is 16.5. The van der Waals surface area contributed by atoms with Gasteiger partial charge in [0.15, 0.2) is 0 Å². The minimum atomic E-state index is -0.170. The van der Waals surface area contributed by atoms with Crippen LogP contribution in [0.4, 0.5) is 5.82 Å². The zero-order valence-corrected chi connectivity index (χ0v) is 10.7. The standard InChI is InChI=1S/C12H20N4O2/c1-16-11(13)10(8-15-16)12(17)14-6-5-9-4-2-3-7-18-9/h8-9H,2-7,13H2,1H3,(H,14,17). The van der Waals surface area contributed by atoms with Gasteiger partial charge in [-0.25, -0.2) is 0 Å². The molecule has 1 unspecified atom stereocenters. The summed E-state index contributed by atoms with van der Waals surface area (Å²) in [5, 5.41) is 6.79. The summed E-state index contributed by atoms with van der Waals surface area (Å²) < 4.78 is 7.09. The maximum atomic E-state index is 11.8. The molecule has 100 valence electrons. The van der Waals surface area contributed by atoms with E-state index in [2.05, 4.69) is 10.4 Å². The molecule has 1 saturated heterocycles. The lowest BCUT2D eigenvalue weighted by Gasteiger charge is -2.22. The third-order valence-electron chi connectivity index (χ3n) is 3.26. The lowest BCUT2D eigenvalue weighted by Crippen LogP contribution is -2.29. The summed E-state index contributed by atoms with van der Waals surface area (Å²) in [6.45, 7) is 1.45. The van der Waals surface area contributed by atoms with E-state index in [0.717, 1.165) is 25.9 Å². The van der Waals surface area contributed by atoms with Gasteiger partial charge < -0.3 is 15.8 Å². The number of nitrogens with two attached hydrogens (primary N) is 1. The quantitative estimate of drug-likeness (QED) is 0.826. The predicted octanol–water partition coefficient (Wildman–Crippen LogP) is 0.691. The first kappa shape index (κ1) is 12.9. The highest BCUT2D eigenvalue weighted by molar-refractivity contribution is 5.98. The van der Waals surface area contributed by atoms with Gasteiger partial charge in [-0.05, 0) is 25.7 Å². The van der Waals surface area contributed by atoms with Crippen LogP contribution in [0.2, 0.25) is 0 Å². The number of amides is 1. The van der Waals surface area contributed by atoms with E-state index < -0.39 is 0 Å². The molecule has 1 aromatic heterocycles. The number of ether oxygens (including phenoxy) is 1. The summed E-state index contributed by atoms with van der Waals surface area (Å²) in [4.78, 5) is 11.8. The molecule has 0 bridgehead atoms. The van der Waals surface area contributed by atoms with Gasteiger partial charge >= 0.3 is 0 Å². The molecule has 1 atom stereocenters. The molecule has 2 rings (SSSR count). The molecule has 1 fully saturated rings. The van der Waals surface area contributed by atoms with Crippen LogP contribution in [0.15, 0.2) is 6.20 Å². The lowest BCUT2D eigenvalue weighted by atomic mass is 10.1. The first-order valence-corrected chi connectivity index (χ1v) is 6.35. The summed E-state index contributed by atoms with van der Waals surface area (Å²) in [7, 11) is 1.71. The summed E-state index contributed by atoms with van der Waals surface area (Å²) in [5.74, 6) is 0.220. The van der Waals surface area contributed by atoms with Crippen molar-refractivity contribution in [2.75, 3.05) is 18.9 Å². The van der Waals surface area contributed by atoms with Crippen molar-refractivity contribution in [1.29, 1.82) is 0 Å². The Labute approximate surface area is 106 Å². The Kier molecular flexibility index (Phi) is 4.19. The molecule has 6 nitrogen and oxygen atoms in total. The lowest BCUT2D eigenvalue weighted by molar-refractivity contribution is 0.0117. The average Bonchev–Trinajstić information content (AvgIpc) is 2.71. The first-order valence-electron chi connectivity index (χ1n) is 6.35. The van der Waals surface area contributed by atoms with E-state index in [1.54, 1.807) is 7.05 Å². The van der Waals surface area contributed by atoms with Crippen LogP contribution in [0.1, 0.15) is 36.0 Å². The molecule has 1 aliphatic rings.